The van der Waals surface area contributed by atoms with Crippen LogP contribution in [0.15, 0.2) is 29.3 Å². The van der Waals surface area contributed by atoms with Crippen LogP contribution in [0.2, 0.25) is 0 Å². The van der Waals surface area contributed by atoms with Gasteiger partial charge in [0.05, 0.1) is 0 Å². The van der Waals surface area contributed by atoms with E-state index in [-0.39, 0.29) is 36.5 Å². The number of amides is 1. The number of carbonyl (C=O) groups is 1. The Balaban J connectivity index is 0.00000288. The molecule has 1 saturated carbocycles. The van der Waals surface area contributed by atoms with E-state index in [4.69, 9.17) is 4.74 Å². The molecular weight excluding hydrogens is 419 g/mol. The molecule has 0 atom stereocenters. The van der Waals surface area contributed by atoms with Gasteiger partial charge >= 0.3 is 0 Å². The van der Waals surface area contributed by atoms with Crippen molar-refractivity contribution < 1.29 is 9.53 Å². The van der Waals surface area contributed by atoms with Gasteiger partial charge < -0.3 is 20.3 Å². The molecule has 0 spiro atoms. The first-order valence-electron chi connectivity index (χ1n) is 7.95. The Hall–Kier alpha value is -1.51. The Labute approximate surface area is 161 Å². The molecule has 1 aromatic carbocycles. The molecule has 134 valence electrons. The smallest absolute Gasteiger partial charge is 0.259 e. The molecule has 1 aromatic rings. The van der Waals surface area contributed by atoms with E-state index in [1.807, 2.05) is 24.3 Å². The molecule has 0 bridgehead atoms. The third-order valence-corrected chi connectivity index (χ3v) is 3.70. The lowest BCUT2D eigenvalue weighted by molar-refractivity contribution is -0.130. The van der Waals surface area contributed by atoms with Gasteiger partial charge in [-0.15, -0.1) is 24.0 Å². The predicted molar refractivity (Wildman–Crippen MR) is 107 cm³/mol. The molecule has 1 amide bonds. The van der Waals surface area contributed by atoms with Gasteiger partial charge in [0.15, 0.2) is 12.6 Å². The molecule has 0 aromatic heterocycles. The molecule has 24 heavy (non-hydrogen) atoms. The van der Waals surface area contributed by atoms with Gasteiger partial charge in [0.1, 0.15) is 5.75 Å². The summed E-state index contributed by atoms with van der Waals surface area (Å²) in [6.07, 6.45) is 2.63. The van der Waals surface area contributed by atoms with E-state index >= 15 is 0 Å². The van der Waals surface area contributed by atoms with E-state index in [1.165, 1.54) is 17.7 Å². The van der Waals surface area contributed by atoms with E-state index < -0.39 is 0 Å². The van der Waals surface area contributed by atoms with Crippen LogP contribution in [0, 0.1) is 5.92 Å². The van der Waals surface area contributed by atoms with Crippen molar-refractivity contribution in [2.24, 2.45) is 10.9 Å². The van der Waals surface area contributed by atoms with Crippen molar-refractivity contribution in [3.8, 4) is 5.75 Å². The summed E-state index contributed by atoms with van der Waals surface area (Å²) in [5, 5.41) is 6.61. The minimum absolute atomic E-state index is 0. The van der Waals surface area contributed by atoms with Crippen LogP contribution >= 0.6 is 24.0 Å². The number of likely N-dealkylation sites (N-methyl/N-ethyl adjacent to an activating group) is 1. The van der Waals surface area contributed by atoms with Crippen LogP contribution in [0.1, 0.15) is 18.4 Å². The molecule has 2 N–H and O–H groups in total. The molecular formula is C17H27IN4O2. The second kappa shape index (κ2) is 10.4. The largest absolute Gasteiger partial charge is 0.484 e. The number of nitrogens with one attached hydrogen (secondary N) is 2. The number of guanidine groups is 1. The van der Waals surface area contributed by atoms with Crippen LogP contribution in [0.4, 0.5) is 0 Å². The van der Waals surface area contributed by atoms with E-state index in [9.17, 15) is 4.79 Å². The van der Waals surface area contributed by atoms with Gasteiger partial charge in [-0.25, -0.2) is 0 Å². The molecule has 6 nitrogen and oxygen atoms in total. The molecule has 0 aliphatic heterocycles. The fourth-order valence-electron chi connectivity index (χ4n) is 1.99. The Morgan fingerprint density at radius 1 is 1.33 bits per heavy atom. The zero-order valence-electron chi connectivity index (χ0n) is 14.5. The SMILES string of the molecule is CN=C(NCc1cccc(OCC(=O)N(C)C)c1)NCC1CC1.I. The maximum Gasteiger partial charge on any atom is 0.259 e. The second-order valence-corrected chi connectivity index (χ2v) is 5.97. The monoisotopic (exact) mass is 446 g/mol. The number of ether oxygens (including phenoxy) is 1. The average Bonchev–Trinajstić information content (AvgIpc) is 3.37. The minimum Gasteiger partial charge on any atom is -0.484 e. The molecule has 1 fully saturated rings. The first kappa shape index (κ1) is 20.5. The lowest BCUT2D eigenvalue weighted by atomic mass is 10.2. The van der Waals surface area contributed by atoms with Gasteiger partial charge in [-0.05, 0) is 36.5 Å². The van der Waals surface area contributed by atoms with Crippen molar-refractivity contribution in [3.05, 3.63) is 29.8 Å². The van der Waals surface area contributed by atoms with E-state index in [0.717, 1.165) is 24.0 Å². The lowest BCUT2D eigenvalue weighted by Gasteiger charge is -2.13. The highest BCUT2D eigenvalue weighted by atomic mass is 127. The lowest BCUT2D eigenvalue weighted by Crippen LogP contribution is -2.37. The van der Waals surface area contributed by atoms with Crippen LogP contribution in [-0.4, -0.2) is 51.1 Å². The Morgan fingerprint density at radius 2 is 2.08 bits per heavy atom. The van der Waals surface area contributed by atoms with Crippen molar-refractivity contribution >= 4 is 35.8 Å². The van der Waals surface area contributed by atoms with Gasteiger partial charge in [0, 0.05) is 34.2 Å². The van der Waals surface area contributed by atoms with Gasteiger partial charge in [-0.3, -0.25) is 9.79 Å². The molecule has 1 aliphatic carbocycles. The highest BCUT2D eigenvalue weighted by Gasteiger charge is 2.20. The van der Waals surface area contributed by atoms with Gasteiger partial charge in [-0.1, -0.05) is 12.1 Å². The van der Waals surface area contributed by atoms with Crippen LogP contribution in [0.25, 0.3) is 0 Å². The van der Waals surface area contributed by atoms with Crippen LogP contribution in [-0.2, 0) is 11.3 Å². The summed E-state index contributed by atoms with van der Waals surface area (Å²) in [6, 6.07) is 7.73. The van der Waals surface area contributed by atoms with Crippen LogP contribution < -0.4 is 15.4 Å². The molecule has 1 aliphatic rings. The van der Waals surface area contributed by atoms with Crippen LogP contribution in [0.3, 0.4) is 0 Å². The normalized spacial score (nSPS) is 13.7. The van der Waals surface area contributed by atoms with Crippen molar-refractivity contribution in [1.29, 1.82) is 0 Å². The van der Waals surface area contributed by atoms with Gasteiger partial charge in [0.25, 0.3) is 5.91 Å². The summed E-state index contributed by atoms with van der Waals surface area (Å²) in [7, 11) is 5.20. The minimum atomic E-state index is -0.0572. The summed E-state index contributed by atoms with van der Waals surface area (Å²) < 4.78 is 5.53. The van der Waals surface area contributed by atoms with Crippen molar-refractivity contribution in [1.82, 2.24) is 15.5 Å². The number of hydrogen-bond donors (Lipinski definition) is 2. The third kappa shape index (κ3) is 7.37. The summed E-state index contributed by atoms with van der Waals surface area (Å²) in [5.41, 5.74) is 1.08. The highest BCUT2D eigenvalue weighted by molar-refractivity contribution is 14.0. The predicted octanol–water partition coefficient (Wildman–Crippen LogP) is 1.85. The fourth-order valence-corrected chi connectivity index (χ4v) is 1.99. The molecule has 0 unspecified atom stereocenters. The summed E-state index contributed by atoms with van der Waals surface area (Å²) in [5.74, 6) is 2.25. The second-order valence-electron chi connectivity index (χ2n) is 5.97. The molecule has 0 heterocycles. The van der Waals surface area contributed by atoms with Gasteiger partial charge in [-0.2, -0.15) is 0 Å². The van der Waals surface area contributed by atoms with Crippen molar-refractivity contribution in [2.75, 3.05) is 34.3 Å². The number of nitrogens with zero attached hydrogens (tertiary/aromatic N) is 2. The maximum absolute atomic E-state index is 11.6. The summed E-state index contributed by atoms with van der Waals surface area (Å²) in [4.78, 5) is 17.3. The number of benzene rings is 1. The number of rotatable bonds is 7. The number of aliphatic imine (C=N–C) groups is 1. The number of halogens is 1. The summed E-state index contributed by atoms with van der Waals surface area (Å²) >= 11 is 0. The third-order valence-electron chi connectivity index (χ3n) is 3.70. The number of hydrogen-bond acceptors (Lipinski definition) is 3. The standard InChI is InChI=1S/C17H26N4O2.HI/c1-18-17(19-10-13-7-8-13)20-11-14-5-4-6-15(9-14)23-12-16(22)21(2)3;/h4-6,9,13H,7-8,10-12H2,1-3H3,(H2,18,19,20);1H. The topological polar surface area (TPSA) is 66.0 Å². The first-order valence-corrected chi connectivity index (χ1v) is 7.95. The van der Waals surface area contributed by atoms with E-state index in [1.54, 1.807) is 21.1 Å². The number of carbonyl (C=O) groups excluding carboxylic acids is 1. The van der Waals surface area contributed by atoms with Crippen molar-refractivity contribution in [2.45, 2.75) is 19.4 Å². The van der Waals surface area contributed by atoms with Gasteiger partial charge in [0.2, 0.25) is 0 Å². The quantitative estimate of drug-likeness (QED) is 0.381. The zero-order valence-corrected chi connectivity index (χ0v) is 16.9. The molecule has 0 radical (unpaired) electrons. The van der Waals surface area contributed by atoms with Crippen LogP contribution in [0.5, 0.6) is 5.75 Å². The first-order chi connectivity index (χ1) is 11.1. The Morgan fingerprint density at radius 3 is 2.71 bits per heavy atom. The zero-order chi connectivity index (χ0) is 16.7. The van der Waals surface area contributed by atoms with E-state index in [0.29, 0.717) is 12.3 Å². The summed E-state index contributed by atoms with van der Waals surface area (Å²) in [6.45, 7) is 1.69. The molecule has 2 rings (SSSR count). The highest BCUT2D eigenvalue weighted by Crippen LogP contribution is 2.27. The Kier molecular flexibility index (Phi) is 8.88. The average molecular weight is 446 g/mol. The molecule has 7 heteroatoms. The van der Waals surface area contributed by atoms with Crippen molar-refractivity contribution in [3.63, 3.8) is 0 Å². The van der Waals surface area contributed by atoms with E-state index in [2.05, 4.69) is 15.6 Å². The maximum atomic E-state index is 11.6. The fraction of sp³-hybridized carbons (Fsp3) is 0.529. The molecule has 0 saturated heterocycles. The Bertz CT molecular complexity index is 559.